The van der Waals surface area contributed by atoms with E-state index in [-0.39, 0.29) is 5.95 Å². The van der Waals surface area contributed by atoms with E-state index in [9.17, 15) is 0 Å². The fourth-order valence-corrected chi connectivity index (χ4v) is 2.37. The zero-order valence-electron chi connectivity index (χ0n) is 10.1. The topological polar surface area (TPSA) is 64.7 Å². The van der Waals surface area contributed by atoms with Crippen molar-refractivity contribution in [3.63, 3.8) is 0 Å². The maximum atomic E-state index is 6.15. The van der Waals surface area contributed by atoms with E-state index in [1.807, 2.05) is 6.07 Å². The molecule has 1 saturated carbocycles. The highest BCUT2D eigenvalue weighted by Crippen LogP contribution is 2.38. The van der Waals surface area contributed by atoms with E-state index in [1.165, 1.54) is 0 Å². The van der Waals surface area contributed by atoms with E-state index in [4.69, 9.17) is 28.9 Å². The third-order valence-corrected chi connectivity index (χ3v) is 3.61. The highest BCUT2D eigenvalue weighted by Gasteiger charge is 2.27. The Kier molecular flexibility index (Phi) is 3.29. The van der Waals surface area contributed by atoms with Gasteiger partial charge in [0.05, 0.1) is 0 Å². The van der Waals surface area contributed by atoms with Crippen molar-refractivity contribution in [1.29, 1.82) is 0 Å². The lowest BCUT2D eigenvalue weighted by molar-refractivity contribution is 0.838. The van der Waals surface area contributed by atoms with Gasteiger partial charge in [0.1, 0.15) is 11.6 Å². The Hall–Kier alpha value is -1.39. The second-order valence-corrected chi connectivity index (χ2v) is 5.50. The van der Waals surface area contributed by atoms with Gasteiger partial charge in [-0.1, -0.05) is 29.3 Å². The number of anilines is 1. The highest BCUT2D eigenvalue weighted by molar-refractivity contribution is 6.35. The molecule has 1 aliphatic rings. The molecule has 0 aliphatic heterocycles. The molecular formula is C13H12Cl2N4. The second-order valence-electron chi connectivity index (χ2n) is 4.65. The van der Waals surface area contributed by atoms with Crippen LogP contribution in [0.3, 0.4) is 0 Å². The lowest BCUT2D eigenvalue weighted by Crippen LogP contribution is -2.07. The van der Waals surface area contributed by atoms with Crippen LogP contribution in [-0.4, -0.2) is 15.0 Å². The maximum absolute atomic E-state index is 6.15. The predicted octanol–water partition coefficient (Wildman–Crippen LogP) is 3.23. The molecule has 2 aromatic rings. The first-order valence-electron chi connectivity index (χ1n) is 6.06. The lowest BCUT2D eigenvalue weighted by atomic mass is 10.1. The Bertz CT molecular complexity index is 626. The minimum absolute atomic E-state index is 0.275. The van der Waals surface area contributed by atoms with Gasteiger partial charge in [0.2, 0.25) is 5.95 Å². The number of nitrogens with zero attached hydrogens (tertiary/aromatic N) is 3. The van der Waals surface area contributed by atoms with Crippen molar-refractivity contribution < 1.29 is 0 Å². The molecule has 2 N–H and O–H groups in total. The molecule has 19 heavy (non-hydrogen) atoms. The first kappa shape index (κ1) is 12.6. The van der Waals surface area contributed by atoms with Crippen molar-refractivity contribution in [3.05, 3.63) is 45.5 Å². The summed E-state index contributed by atoms with van der Waals surface area (Å²) < 4.78 is 0. The van der Waals surface area contributed by atoms with Crippen molar-refractivity contribution in [2.45, 2.75) is 25.2 Å². The van der Waals surface area contributed by atoms with E-state index >= 15 is 0 Å². The lowest BCUT2D eigenvalue weighted by Gasteiger charge is -2.06. The summed E-state index contributed by atoms with van der Waals surface area (Å²) >= 11 is 12.0. The van der Waals surface area contributed by atoms with Gasteiger partial charge in [-0.2, -0.15) is 9.97 Å². The molecule has 4 nitrogen and oxygen atoms in total. The van der Waals surface area contributed by atoms with E-state index < -0.39 is 0 Å². The second kappa shape index (κ2) is 4.94. The summed E-state index contributed by atoms with van der Waals surface area (Å²) in [6, 6.07) is 5.39. The van der Waals surface area contributed by atoms with Crippen molar-refractivity contribution in [1.82, 2.24) is 15.0 Å². The van der Waals surface area contributed by atoms with Crippen LogP contribution >= 0.6 is 23.2 Å². The minimum atomic E-state index is 0.275. The number of halogens is 2. The van der Waals surface area contributed by atoms with Crippen LogP contribution in [0, 0.1) is 0 Å². The van der Waals surface area contributed by atoms with E-state index in [1.54, 1.807) is 12.1 Å². The van der Waals surface area contributed by atoms with Gasteiger partial charge >= 0.3 is 0 Å². The number of hydrogen-bond acceptors (Lipinski definition) is 4. The van der Waals surface area contributed by atoms with Crippen LogP contribution in [0.2, 0.25) is 10.0 Å². The minimum Gasteiger partial charge on any atom is -0.368 e. The quantitative estimate of drug-likeness (QED) is 0.944. The maximum Gasteiger partial charge on any atom is 0.223 e. The molecule has 1 aromatic carbocycles. The largest absolute Gasteiger partial charge is 0.368 e. The predicted molar refractivity (Wildman–Crippen MR) is 75.5 cm³/mol. The molecule has 0 saturated heterocycles. The molecular weight excluding hydrogens is 283 g/mol. The molecule has 0 atom stereocenters. The molecule has 3 rings (SSSR count). The van der Waals surface area contributed by atoms with Gasteiger partial charge in [-0.05, 0) is 30.5 Å². The summed E-state index contributed by atoms with van der Waals surface area (Å²) in [5.41, 5.74) is 6.65. The van der Waals surface area contributed by atoms with Gasteiger partial charge in [0.25, 0.3) is 0 Å². The SMILES string of the molecule is Nc1nc(Cc2ccc(Cl)cc2Cl)nc(C2CC2)n1. The summed E-state index contributed by atoms with van der Waals surface area (Å²) in [5, 5.41) is 1.22. The molecule has 98 valence electrons. The van der Waals surface area contributed by atoms with E-state index in [0.29, 0.717) is 28.2 Å². The summed E-state index contributed by atoms with van der Waals surface area (Å²) in [6.45, 7) is 0. The molecule has 1 aliphatic carbocycles. The number of nitrogen functional groups attached to an aromatic ring is 1. The van der Waals surface area contributed by atoms with Gasteiger partial charge in [-0.3, -0.25) is 0 Å². The molecule has 0 radical (unpaired) electrons. The van der Waals surface area contributed by atoms with E-state index in [0.717, 1.165) is 24.2 Å². The monoisotopic (exact) mass is 294 g/mol. The average molecular weight is 295 g/mol. The van der Waals surface area contributed by atoms with Crippen molar-refractivity contribution >= 4 is 29.2 Å². The zero-order chi connectivity index (χ0) is 13.4. The average Bonchev–Trinajstić information content (AvgIpc) is 3.16. The van der Waals surface area contributed by atoms with Crippen LogP contribution in [0.25, 0.3) is 0 Å². The fourth-order valence-electron chi connectivity index (χ4n) is 1.90. The van der Waals surface area contributed by atoms with Crippen LogP contribution in [0.15, 0.2) is 18.2 Å². The normalized spacial score (nSPS) is 14.6. The first-order valence-corrected chi connectivity index (χ1v) is 6.81. The van der Waals surface area contributed by atoms with Crippen LogP contribution in [0.1, 0.15) is 36.0 Å². The molecule has 6 heteroatoms. The molecule has 0 spiro atoms. The van der Waals surface area contributed by atoms with Crippen LogP contribution < -0.4 is 5.73 Å². The number of aromatic nitrogens is 3. The number of rotatable bonds is 3. The summed E-state index contributed by atoms with van der Waals surface area (Å²) in [7, 11) is 0. The van der Waals surface area contributed by atoms with Gasteiger partial charge in [0, 0.05) is 22.4 Å². The third-order valence-electron chi connectivity index (χ3n) is 3.02. The molecule has 0 unspecified atom stereocenters. The van der Waals surface area contributed by atoms with Crippen LogP contribution in [-0.2, 0) is 6.42 Å². The van der Waals surface area contributed by atoms with Gasteiger partial charge in [-0.25, -0.2) is 4.98 Å². The number of hydrogen-bond donors (Lipinski definition) is 1. The smallest absolute Gasteiger partial charge is 0.223 e. The standard InChI is InChI=1S/C13H12Cl2N4/c14-9-4-3-8(10(15)6-9)5-11-17-12(7-1-2-7)19-13(16)18-11/h3-4,6-7H,1-2,5H2,(H2,16,17,18,19). The Morgan fingerprint density at radius 3 is 2.63 bits per heavy atom. The Labute approximate surface area is 121 Å². The van der Waals surface area contributed by atoms with Gasteiger partial charge in [-0.15, -0.1) is 0 Å². The number of benzene rings is 1. The summed E-state index contributed by atoms with van der Waals surface area (Å²) in [4.78, 5) is 12.8. The summed E-state index contributed by atoms with van der Waals surface area (Å²) in [6.07, 6.45) is 2.79. The summed E-state index contributed by atoms with van der Waals surface area (Å²) in [5.74, 6) is 2.17. The number of nitrogens with two attached hydrogens (primary N) is 1. The Morgan fingerprint density at radius 1 is 1.16 bits per heavy atom. The zero-order valence-corrected chi connectivity index (χ0v) is 11.6. The molecule has 0 bridgehead atoms. The molecule has 1 heterocycles. The van der Waals surface area contributed by atoms with Crippen molar-refractivity contribution in [2.75, 3.05) is 5.73 Å². The Morgan fingerprint density at radius 2 is 1.95 bits per heavy atom. The molecule has 1 fully saturated rings. The highest BCUT2D eigenvalue weighted by atomic mass is 35.5. The molecule has 0 amide bonds. The van der Waals surface area contributed by atoms with E-state index in [2.05, 4.69) is 15.0 Å². The Balaban J connectivity index is 1.89. The first-order chi connectivity index (χ1) is 9.11. The van der Waals surface area contributed by atoms with Crippen LogP contribution in [0.4, 0.5) is 5.95 Å². The van der Waals surface area contributed by atoms with Gasteiger partial charge < -0.3 is 5.73 Å². The van der Waals surface area contributed by atoms with Crippen LogP contribution in [0.5, 0.6) is 0 Å². The molecule has 1 aromatic heterocycles. The fraction of sp³-hybridized carbons (Fsp3) is 0.308. The third kappa shape index (κ3) is 2.96. The van der Waals surface area contributed by atoms with Gasteiger partial charge in [0.15, 0.2) is 0 Å². The van der Waals surface area contributed by atoms with Crippen molar-refractivity contribution in [2.24, 2.45) is 0 Å². The van der Waals surface area contributed by atoms with Crippen molar-refractivity contribution in [3.8, 4) is 0 Å².